The van der Waals surface area contributed by atoms with Crippen molar-refractivity contribution in [1.29, 1.82) is 0 Å². The van der Waals surface area contributed by atoms with Crippen LogP contribution in [-0.4, -0.2) is 27.2 Å². The number of hydrogen-bond donors (Lipinski definition) is 2. The van der Waals surface area contributed by atoms with Gasteiger partial charge < -0.3 is 5.11 Å². The summed E-state index contributed by atoms with van der Waals surface area (Å²) in [5.41, 5.74) is 4.97. The van der Waals surface area contributed by atoms with Gasteiger partial charge in [-0.05, 0) is 42.6 Å². The minimum atomic E-state index is -1.000. The molecule has 2 N–H and O–H groups in total. The quantitative estimate of drug-likeness (QED) is 0.497. The molecule has 3 heterocycles. The van der Waals surface area contributed by atoms with E-state index in [4.69, 9.17) is 0 Å². The first-order valence-electron chi connectivity index (χ1n) is 9.40. The van der Waals surface area contributed by atoms with Crippen LogP contribution >= 0.6 is 11.3 Å². The number of benzene rings is 2. The molecule has 148 valence electrons. The number of carboxylic acid groups (broad SMARTS) is 1. The summed E-state index contributed by atoms with van der Waals surface area (Å²) in [4.78, 5) is 27.3. The van der Waals surface area contributed by atoms with E-state index in [0.29, 0.717) is 11.4 Å². The second-order valence-corrected chi connectivity index (χ2v) is 8.15. The molecular formula is C23H17N3O3S. The second-order valence-electron chi connectivity index (χ2n) is 7.17. The topological polar surface area (TPSA) is 86.3 Å². The molecule has 0 aliphatic carbocycles. The van der Waals surface area contributed by atoms with Gasteiger partial charge >= 0.3 is 5.97 Å². The fourth-order valence-electron chi connectivity index (χ4n) is 3.83. The van der Waals surface area contributed by atoms with Crippen LogP contribution in [0.3, 0.4) is 0 Å². The Morgan fingerprint density at radius 1 is 1.10 bits per heavy atom. The van der Waals surface area contributed by atoms with Crippen LogP contribution < -0.4 is 4.90 Å². The van der Waals surface area contributed by atoms with Crippen molar-refractivity contribution in [2.75, 3.05) is 4.90 Å². The third-order valence-corrected chi connectivity index (χ3v) is 6.22. The SMILES string of the molecule is Cc1ccc(-c2n[nH]c3c2C(c2cccs2)N(c2ccc(C(=O)O)cc2)C3=O)cc1. The van der Waals surface area contributed by atoms with Gasteiger partial charge in [0.05, 0.1) is 11.3 Å². The average Bonchev–Trinajstić information content (AvgIpc) is 3.47. The number of amides is 1. The molecule has 7 heteroatoms. The van der Waals surface area contributed by atoms with Crippen molar-refractivity contribution in [2.24, 2.45) is 0 Å². The molecule has 1 atom stereocenters. The van der Waals surface area contributed by atoms with Crippen molar-refractivity contribution in [3.8, 4) is 11.3 Å². The number of anilines is 1. The van der Waals surface area contributed by atoms with Gasteiger partial charge in [-0.15, -0.1) is 11.3 Å². The molecule has 5 rings (SSSR count). The first-order valence-corrected chi connectivity index (χ1v) is 10.3. The molecule has 0 bridgehead atoms. The number of carbonyl (C=O) groups is 2. The molecule has 1 amide bonds. The number of carboxylic acids is 1. The van der Waals surface area contributed by atoms with E-state index < -0.39 is 5.97 Å². The number of aryl methyl sites for hydroxylation is 1. The van der Waals surface area contributed by atoms with Crippen LogP contribution in [0.25, 0.3) is 11.3 Å². The molecule has 0 fully saturated rings. The predicted molar refractivity (Wildman–Crippen MR) is 115 cm³/mol. The van der Waals surface area contributed by atoms with Crippen LogP contribution in [0.1, 0.15) is 42.9 Å². The van der Waals surface area contributed by atoms with Gasteiger partial charge in [-0.1, -0.05) is 35.9 Å². The zero-order chi connectivity index (χ0) is 20.8. The number of nitrogens with one attached hydrogen (secondary N) is 1. The maximum Gasteiger partial charge on any atom is 0.335 e. The normalized spacial score (nSPS) is 15.4. The summed E-state index contributed by atoms with van der Waals surface area (Å²) in [6.07, 6.45) is 0. The lowest BCUT2D eigenvalue weighted by Crippen LogP contribution is -2.28. The van der Waals surface area contributed by atoms with Gasteiger partial charge in [0.15, 0.2) is 0 Å². The molecule has 4 aromatic rings. The standard InChI is InChI=1S/C23H17N3O3S/c1-13-4-6-14(7-5-13)19-18-20(25-24-19)22(27)26(21(18)17-3-2-12-30-17)16-10-8-15(9-11-16)23(28)29/h2-12,21H,1H3,(H,24,25)(H,28,29). The Morgan fingerprint density at radius 3 is 2.47 bits per heavy atom. The van der Waals surface area contributed by atoms with E-state index in [1.54, 1.807) is 28.4 Å². The van der Waals surface area contributed by atoms with E-state index in [1.165, 1.54) is 12.1 Å². The summed E-state index contributed by atoms with van der Waals surface area (Å²) < 4.78 is 0. The zero-order valence-corrected chi connectivity index (χ0v) is 16.8. The minimum Gasteiger partial charge on any atom is -0.478 e. The van der Waals surface area contributed by atoms with Crippen molar-refractivity contribution < 1.29 is 14.7 Å². The molecular weight excluding hydrogens is 398 g/mol. The lowest BCUT2D eigenvalue weighted by Gasteiger charge is -2.25. The van der Waals surface area contributed by atoms with Gasteiger partial charge in [0.2, 0.25) is 0 Å². The van der Waals surface area contributed by atoms with Gasteiger partial charge in [0.25, 0.3) is 5.91 Å². The first-order chi connectivity index (χ1) is 14.5. The number of aromatic amines is 1. The first kappa shape index (κ1) is 18.3. The number of thiophene rings is 1. The van der Waals surface area contributed by atoms with Crippen LogP contribution in [0.2, 0.25) is 0 Å². The molecule has 30 heavy (non-hydrogen) atoms. The second kappa shape index (κ2) is 6.96. The van der Waals surface area contributed by atoms with Crippen molar-refractivity contribution in [3.63, 3.8) is 0 Å². The van der Waals surface area contributed by atoms with Gasteiger partial charge in [-0.3, -0.25) is 14.8 Å². The van der Waals surface area contributed by atoms with E-state index >= 15 is 0 Å². The van der Waals surface area contributed by atoms with Crippen LogP contribution in [-0.2, 0) is 0 Å². The van der Waals surface area contributed by atoms with Gasteiger partial charge in [-0.2, -0.15) is 5.10 Å². The minimum absolute atomic E-state index is 0.179. The number of carbonyl (C=O) groups excluding carboxylic acids is 1. The van der Waals surface area contributed by atoms with E-state index in [9.17, 15) is 14.7 Å². The summed E-state index contributed by atoms with van der Waals surface area (Å²) in [7, 11) is 0. The van der Waals surface area contributed by atoms with Crippen LogP contribution in [0, 0.1) is 6.92 Å². The highest BCUT2D eigenvalue weighted by atomic mass is 32.1. The van der Waals surface area contributed by atoms with Gasteiger partial charge in [-0.25, -0.2) is 4.79 Å². The molecule has 0 spiro atoms. The van der Waals surface area contributed by atoms with E-state index in [1.807, 2.05) is 48.7 Å². The lowest BCUT2D eigenvalue weighted by molar-refractivity contribution is 0.0696. The molecule has 0 saturated heterocycles. The van der Waals surface area contributed by atoms with Crippen LogP contribution in [0.4, 0.5) is 5.69 Å². The maximum atomic E-state index is 13.4. The van der Waals surface area contributed by atoms with Gasteiger partial charge in [0.1, 0.15) is 11.7 Å². The van der Waals surface area contributed by atoms with E-state index in [0.717, 1.165) is 27.3 Å². The molecule has 0 radical (unpaired) electrons. The summed E-state index contributed by atoms with van der Waals surface area (Å²) >= 11 is 1.57. The smallest absolute Gasteiger partial charge is 0.335 e. The van der Waals surface area contributed by atoms with Crippen molar-refractivity contribution in [1.82, 2.24) is 10.2 Å². The highest BCUT2D eigenvalue weighted by Crippen LogP contribution is 2.46. The molecule has 2 aromatic heterocycles. The van der Waals surface area contributed by atoms with Gasteiger partial charge in [0, 0.05) is 21.7 Å². The number of nitrogens with zero attached hydrogens (tertiary/aromatic N) is 2. The summed E-state index contributed by atoms with van der Waals surface area (Å²) in [6, 6.07) is 18.1. The lowest BCUT2D eigenvalue weighted by atomic mass is 10.00. The number of rotatable bonds is 4. The molecule has 6 nitrogen and oxygen atoms in total. The Bertz CT molecular complexity index is 1240. The Kier molecular flexibility index (Phi) is 4.25. The Balaban J connectivity index is 1.66. The highest BCUT2D eigenvalue weighted by molar-refractivity contribution is 7.10. The molecule has 1 unspecified atom stereocenters. The monoisotopic (exact) mass is 415 g/mol. The molecule has 1 aliphatic rings. The number of hydrogen-bond acceptors (Lipinski definition) is 4. The fourth-order valence-corrected chi connectivity index (χ4v) is 4.65. The molecule has 0 saturated carbocycles. The van der Waals surface area contributed by atoms with E-state index in [-0.39, 0.29) is 17.5 Å². The largest absolute Gasteiger partial charge is 0.478 e. The van der Waals surface area contributed by atoms with E-state index in [2.05, 4.69) is 10.2 Å². The Morgan fingerprint density at radius 2 is 1.83 bits per heavy atom. The third kappa shape index (κ3) is 2.83. The third-order valence-electron chi connectivity index (χ3n) is 5.30. The average molecular weight is 415 g/mol. The summed E-state index contributed by atoms with van der Waals surface area (Å²) in [6.45, 7) is 2.03. The van der Waals surface area contributed by atoms with Crippen LogP contribution in [0.5, 0.6) is 0 Å². The Hall–Kier alpha value is -3.71. The Labute approximate surface area is 176 Å². The van der Waals surface area contributed by atoms with Crippen LogP contribution in [0.15, 0.2) is 66.0 Å². The number of aromatic nitrogens is 2. The summed E-state index contributed by atoms with van der Waals surface area (Å²) in [5, 5.41) is 18.6. The number of fused-ring (bicyclic) bond motifs is 1. The van der Waals surface area contributed by atoms with Crippen molar-refractivity contribution in [2.45, 2.75) is 13.0 Å². The van der Waals surface area contributed by atoms with Crippen molar-refractivity contribution in [3.05, 3.63) is 93.3 Å². The highest BCUT2D eigenvalue weighted by Gasteiger charge is 2.43. The number of aromatic carboxylic acids is 1. The fraction of sp³-hybridized carbons (Fsp3) is 0.0870. The predicted octanol–water partition coefficient (Wildman–Crippen LogP) is 4.89. The summed E-state index contributed by atoms with van der Waals surface area (Å²) in [5.74, 6) is -1.18. The number of H-pyrrole nitrogens is 1. The molecule has 2 aromatic carbocycles. The van der Waals surface area contributed by atoms with Crippen molar-refractivity contribution >= 4 is 28.9 Å². The maximum absolute atomic E-state index is 13.4. The molecule has 1 aliphatic heterocycles. The zero-order valence-electron chi connectivity index (χ0n) is 16.0.